The number of hydrogen-bond donors (Lipinski definition) is 0. The molecule has 0 radical (unpaired) electrons. The average Bonchev–Trinajstić information content (AvgIpc) is 2.69. The lowest BCUT2D eigenvalue weighted by Gasteiger charge is -2.36. The van der Waals surface area contributed by atoms with Crippen LogP contribution in [0.3, 0.4) is 0 Å². The minimum atomic E-state index is 0.0120. The van der Waals surface area contributed by atoms with E-state index >= 15 is 0 Å². The Bertz CT molecular complexity index is 623. The highest BCUT2D eigenvalue weighted by atomic mass is 16.5. The molecule has 0 aromatic heterocycles. The zero-order chi connectivity index (χ0) is 18.4. The van der Waals surface area contributed by atoms with Crippen molar-refractivity contribution in [2.45, 2.75) is 6.61 Å². The summed E-state index contributed by atoms with van der Waals surface area (Å²) in [6.07, 6.45) is 0. The Morgan fingerprint density at radius 3 is 2.35 bits per heavy atom. The third-order valence-electron chi connectivity index (χ3n) is 4.93. The molecule has 0 saturated carbocycles. The highest BCUT2D eigenvalue weighted by Gasteiger charge is 2.27. The van der Waals surface area contributed by atoms with Crippen molar-refractivity contribution >= 4 is 11.8 Å². The van der Waals surface area contributed by atoms with E-state index in [-0.39, 0.29) is 11.8 Å². The molecule has 0 aliphatic carbocycles. The molecule has 0 bridgehead atoms. The predicted octanol–water partition coefficient (Wildman–Crippen LogP) is 0.450. The molecule has 0 atom stereocenters. The Hall–Kier alpha value is -1.96. The van der Waals surface area contributed by atoms with Crippen LogP contribution < -0.4 is 0 Å². The van der Waals surface area contributed by atoms with E-state index < -0.39 is 0 Å². The van der Waals surface area contributed by atoms with Crippen LogP contribution in [0.15, 0.2) is 24.3 Å². The first-order valence-electron chi connectivity index (χ1n) is 9.13. The van der Waals surface area contributed by atoms with Gasteiger partial charge in [0.2, 0.25) is 5.91 Å². The lowest BCUT2D eigenvalue weighted by Crippen LogP contribution is -2.53. The molecule has 2 aliphatic heterocycles. The van der Waals surface area contributed by atoms with Gasteiger partial charge < -0.3 is 19.3 Å². The second-order valence-electron chi connectivity index (χ2n) is 6.65. The summed E-state index contributed by atoms with van der Waals surface area (Å²) in [6.45, 7) is 6.15. The maximum atomic E-state index is 12.8. The number of amides is 2. The fraction of sp³-hybridized carbons (Fsp3) is 0.579. The lowest BCUT2D eigenvalue weighted by atomic mass is 10.1. The number of carbonyl (C=O) groups excluding carboxylic acids is 2. The molecule has 0 spiro atoms. The molecule has 2 aliphatic rings. The van der Waals surface area contributed by atoms with Gasteiger partial charge in [-0.15, -0.1) is 0 Å². The molecule has 7 heteroatoms. The lowest BCUT2D eigenvalue weighted by molar-refractivity contribution is -0.134. The van der Waals surface area contributed by atoms with Crippen LogP contribution in [0, 0.1) is 0 Å². The minimum Gasteiger partial charge on any atom is -0.380 e. The molecular formula is C19H27N3O4. The number of carbonyl (C=O) groups is 2. The number of rotatable bonds is 5. The molecule has 3 rings (SSSR count). The van der Waals surface area contributed by atoms with Gasteiger partial charge in [-0.05, 0) is 11.6 Å². The SMILES string of the molecule is COCc1ccccc1C(=O)N1CCN(C(=O)CN2CCOCC2)CC1. The number of ether oxygens (including phenoxy) is 2. The number of hydrogen-bond acceptors (Lipinski definition) is 5. The smallest absolute Gasteiger partial charge is 0.254 e. The molecule has 26 heavy (non-hydrogen) atoms. The van der Waals surface area contributed by atoms with Gasteiger partial charge >= 0.3 is 0 Å². The van der Waals surface area contributed by atoms with E-state index in [1.54, 1.807) is 7.11 Å². The summed E-state index contributed by atoms with van der Waals surface area (Å²) < 4.78 is 10.5. The molecule has 1 aromatic carbocycles. The van der Waals surface area contributed by atoms with Crippen molar-refractivity contribution in [3.63, 3.8) is 0 Å². The van der Waals surface area contributed by atoms with Crippen LogP contribution in [-0.4, -0.2) is 92.7 Å². The summed E-state index contributed by atoms with van der Waals surface area (Å²) in [5, 5.41) is 0. The van der Waals surface area contributed by atoms with Crippen LogP contribution in [0.1, 0.15) is 15.9 Å². The van der Waals surface area contributed by atoms with E-state index in [1.807, 2.05) is 34.1 Å². The van der Waals surface area contributed by atoms with Crippen molar-refractivity contribution in [2.24, 2.45) is 0 Å². The number of nitrogens with zero attached hydrogens (tertiary/aromatic N) is 3. The van der Waals surface area contributed by atoms with Gasteiger partial charge in [-0.2, -0.15) is 0 Å². The van der Waals surface area contributed by atoms with Gasteiger partial charge in [0.25, 0.3) is 5.91 Å². The zero-order valence-electron chi connectivity index (χ0n) is 15.4. The molecule has 2 fully saturated rings. The normalized spacial score (nSPS) is 18.8. The molecule has 142 valence electrons. The van der Waals surface area contributed by atoms with Gasteiger partial charge in [-0.1, -0.05) is 18.2 Å². The Morgan fingerprint density at radius 2 is 1.65 bits per heavy atom. The first kappa shape index (κ1) is 18.8. The molecule has 2 heterocycles. The first-order valence-corrected chi connectivity index (χ1v) is 9.13. The van der Waals surface area contributed by atoms with E-state index in [4.69, 9.17) is 9.47 Å². The van der Waals surface area contributed by atoms with E-state index in [1.165, 1.54) is 0 Å². The number of morpholine rings is 1. The standard InChI is InChI=1S/C19H27N3O4/c1-25-15-16-4-2-3-5-17(16)19(24)22-8-6-21(7-9-22)18(23)14-20-10-12-26-13-11-20/h2-5H,6-15H2,1H3. The van der Waals surface area contributed by atoms with Crippen molar-refractivity contribution < 1.29 is 19.1 Å². The Balaban J connectivity index is 1.53. The summed E-state index contributed by atoms with van der Waals surface area (Å²) in [4.78, 5) is 31.1. The Kier molecular flexibility index (Phi) is 6.60. The summed E-state index contributed by atoms with van der Waals surface area (Å²) in [7, 11) is 1.63. The van der Waals surface area contributed by atoms with Gasteiger partial charge in [-0.25, -0.2) is 0 Å². The van der Waals surface area contributed by atoms with E-state index in [9.17, 15) is 9.59 Å². The molecular weight excluding hydrogens is 334 g/mol. The average molecular weight is 361 g/mol. The van der Waals surface area contributed by atoms with Gasteiger partial charge in [0.05, 0.1) is 26.4 Å². The maximum absolute atomic E-state index is 12.8. The summed E-state index contributed by atoms with van der Waals surface area (Å²) >= 11 is 0. The van der Waals surface area contributed by atoms with Gasteiger partial charge in [0, 0.05) is 51.9 Å². The fourth-order valence-electron chi connectivity index (χ4n) is 3.39. The largest absolute Gasteiger partial charge is 0.380 e. The fourth-order valence-corrected chi connectivity index (χ4v) is 3.39. The molecule has 0 unspecified atom stereocenters. The van der Waals surface area contributed by atoms with Crippen LogP contribution in [0.5, 0.6) is 0 Å². The van der Waals surface area contributed by atoms with Crippen LogP contribution in [0.2, 0.25) is 0 Å². The second-order valence-corrected chi connectivity index (χ2v) is 6.65. The van der Waals surface area contributed by atoms with Crippen molar-refractivity contribution in [3.05, 3.63) is 35.4 Å². The van der Waals surface area contributed by atoms with E-state index in [0.717, 1.165) is 18.7 Å². The van der Waals surface area contributed by atoms with Crippen LogP contribution >= 0.6 is 0 Å². The minimum absolute atomic E-state index is 0.0120. The highest BCUT2D eigenvalue weighted by Crippen LogP contribution is 2.15. The molecule has 7 nitrogen and oxygen atoms in total. The third-order valence-corrected chi connectivity index (χ3v) is 4.93. The summed E-state index contributed by atoms with van der Waals surface area (Å²) in [5.41, 5.74) is 1.58. The van der Waals surface area contributed by atoms with Gasteiger partial charge in [0.15, 0.2) is 0 Å². The molecule has 0 N–H and O–H groups in total. The molecule has 2 saturated heterocycles. The number of benzene rings is 1. The summed E-state index contributed by atoms with van der Waals surface area (Å²) in [6, 6.07) is 7.54. The number of methoxy groups -OCH3 is 1. The zero-order valence-corrected chi connectivity index (χ0v) is 15.4. The molecule has 1 aromatic rings. The highest BCUT2D eigenvalue weighted by molar-refractivity contribution is 5.95. The Morgan fingerprint density at radius 1 is 1.00 bits per heavy atom. The molecule has 2 amide bonds. The summed E-state index contributed by atoms with van der Waals surface area (Å²) in [5.74, 6) is 0.150. The second kappa shape index (κ2) is 9.12. The maximum Gasteiger partial charge on any atom is 0.254 e. The Labute approximate surface area is 154 Å². The quantitative estimate of drug-likeness (QED) is 0.762. The van der Waals surface area contributed by atoms with Gasteiger partial charge in [0.1, 0.15) is 0 Å². The van der Waals surface area contributed by atoms with Crippen molar-refractivity contribution in [1.29, 1.82) is 0 Å². The predicted molar refractivity (Wildman–Crippen MR) is 96.9 cm³/mol. The van der Waals surface area contributed by atoms with Crippen LogP contribution in [0.25, 0.3) is 0 Å². The van der Waals surface area contributed by atoms with Gasteiger partial charge in [-0.3, -0.25) is 14.5 Å². The van der Waals surface area contributed by atoms with E-state index in [2.05, 4.69) is 4.90 Å². The van der Waals surface area contributed by atoms with Crippen molar-refractivity contribution in [2.75, 3.05) is 66.1 Å². The monoisotopic (exact) mass is 361 g/mol. The van der Waals surface area contributed by atoms with E-state index in [0.29, 0.717) is 58.1 Å². The topological polar surface area (TPSA) is 62.3 Å². The van der Waals surface area contributed by atoms with Crippen molar-refractivity contribution in [3.8, 4) is 0 Å². The number of piperazine rings is 1. The third kappa shape index (κ3) is 4.60. The van der Waals surface area contributed by atoms with Crippen LogP contribution in [-0.2, 0) is 20.9 Å². The van der Waals surface area contributed by atoms with Crippen LogP contribution in [0.4, 0.5) is 0 Å². The van der Waals surface area contributed by atoms with Crippen molar-refractivity contribution in [1.82, 2.24) is 14.7 Å². The first-order chi connectivity index (χ1) is 12.7.